The summed E-state index contributed by atoms with van der Waals surface area (Å²) in [5.41, 5.74) is 1.67. The average molecular weight is 364 g/mol. The molecular weight excluding hydrogens is 347 g/mol. The maximum atomic E-state index is 13.5. The van der Waals surface area contributed by atoms with Gasteiger partial charge in [0.25, 0.3) is 10.1 Å². The second-order valence-electron chi connectivity index (χ2n) is 5.59. The molecule has 1 unspecified atom stereocenters. The van der Waals surface area contributed by atoms with Gasteiger partial charge in [-0.05, 0) is 49.1 Å². The Morgan fingerprint density at radius 1 is 1.17 bits per heavy atom. The summed E-state index contributed by atoms with van der Waals surface area (Å²) in [6.45, 7) is 3.73. The van der Waals surface area contributed by atoms with Crippen LogP contribution in [0.15, 0.2) is 52.7 Å². The summed E-state index contributed by atoms with van der Waals surface area (Å²) in [4.78, 5) is 0.122. The zero-order chi connectivity index (χ0) is 17.3. The predicted molar refractivity (Wildman–Crippen MR) is 94.3 cm³/mol. The number of hydrogen-bond acceptors (Lipinski definition) is 4. The molecule has 0 bridgehead atoms. The van der Waals surface area contributed by atoms with E-state index in [1.807, 2.05) is 19.2 Å². The van der Waals surface area contributed by atoms with E-state index in [0.717, 1.165) is 10.3 Å². The van der Waals surface area contributed by atoms with Crippen LogP contribution < -0.4 is 0 Å². The van der Waals surface area contributed by atoms with Crippen LogP contribution in [0.5, 0.6) is 0 Å². The second-order valence-corrected chi connectivity index (χ2v) is 8.08. The van der Waals surface area contributed by atoms with Gasteiger partial charge in [-0.3, -0.25) is 4.18 Å². The molecular formula is C18H17FO3S2. The lowest BCUT2D eigenvalue weighted by atomic mass is 10.1. The van der Waals surface area contributed by atoms with Crippen LogP contribution in [0.4, 0.5) is 4.39 Å². The van der Waals surface area contributed by atoms with Crippen LogP contribution in [0.2, 0.25) is 0 Å². The van der Waals surface area contributed by atoms with Gasteiger partial charge in [-0.25, -0.2) is 4.39 Å². The van der Waals surface area contributed by atoms with Gasteiger partial charge in [0.15, 0.2) is 0 Å². The molecule has 0 amide bonds. The van der Waals surface area contributed by atoms with Crippen LogP contribution >= 0.6 is 11.3 Å². The lowest BCUT2D eigenvalue weighted by Gasteiger charge is -2.16. The second kappa shape index (κ2) is 6.63. The number of aryl methyl sites for hydroxylation is 1. The summed E-state index contributed by atoms with van der Waals surface area (Å²) in [5.74, 6) is -0.349. The summed E-state index contributed by atoms with van der Waals surface area (Å²) in [6.07, 6.45) is -0.181. The third-order valence-corrected chi connectivity index (χ3v) is 6.15. The third kappa shape index (κ3) is 3.36. The molecule has 6 heteroatoms. The van der Waals surface area contributed by atoms with Crippen molar-refractivity contribution in [3.63, 3.8) is 0 Å². The van der Waals surface area contributed by atoms with Crippen molar-refractivity contribution in [1.82, 2.24) is 0 Å². The van der Waals surface area contributed by atoms with Crippen molar-refractivity contribution >= 4 is 31.5 Å². The molecule has 1 atom stereocenters. The SMILES string of the molecule is CCC(OS(=O)(=O)c1ccc(C)cc1)c1csc2ccc(F)cc12. The normalized spacial score (nSPS) is 13.3. The first-order chi connectivity index (χ1) is 11.4. The number of rotatable bonds is 5. The summed E-state index contributed by atoms with van der Waals surface area (Å²) in [5, 5.41) is 2.54. The van der Waals surface area contributed by atoms with Crippen LogP contribution in [-0.2, 0) is 14.3 Å². The van der Waals surface area contributed by atoms with Crippen molar-refractivity contribution in [2.45, 2.75) is 31.3 Å². The minimum atomic E-state index is -3.88. The van der Waals surface area contributed by atoms with Crippen molar-refractivity contribution in [2.24, 2.45) is 0 Å². The largest absolute Gasteiger partial charge is 0.297 e. The van der Waals surface area contributed by atoms with Crippen LogP contribution in [0, 0.1) is 12.7 Å². The van der Waals surface area contributed by atoms with Crippen molar-refractivity contribution in [3.8, 4) is 0 Å². The monoisotopic (exact) mass is 364 g/mol. The Labute approximate surface area is 144 Å². The molecule has 1 aromatic heterocycles. The Hall–Kier alpha value is -1.76. The number of fused-ring (bicyclic) bond motifs is 1. The van der Waals surface area contributed by atoms with Gasteiger partial charge < -0.3 is 0 Å². The summed E-state index contributed by atoms with van der Waals surface area (Å²) in [6, 6.07) is 11.0. The molecule has 0 N–H and O–H groups in total. The molecule has 0 saturated heterocycles. The standard InChI is InChI=1S/C18H17FO3S2/c1-3-17(16-11-23-18-9-6-13(19)10-15(16)18)22-24(20,21)14-7-4-12(2)5-8-14/h4-11,17H,3H2,1-2H3. The highest BCUT2D eigenvalue weighted by Crippen LogP contribution is 2.35. The van der Waals surface area contributed by atoms with E-state index in [1.165, 1.54) is 35.6 Å². The minimum absolute atomic E-state index is 0.122. The highest BCUT2D eigenvalue weighted by atomic mass is 32.2. The molecule has 0 saturated carbocycles. The fraction of sp³-hybridized carbons (Fsp3) is 0.222. The number of halogens is 1. The molecule has 1 heterocycles. The van der Waals surface area contributed by atoms with E-state index in [9.17, 15) is 12.8 Å². The number of thiophene rings is 1. The number of hydrogen-bond donors (Lipinski definition) is 0. The first kappa shape index (κ1) is 17.1. The third-order valence-electron chi connectivity index (χ3n) is 3.84. The molecule has 0 spiro atoms. The van der Waals surface area contributed by atoms with Gasteiger partial charge in [0, 0.05) is 15.6 Å². The highest BCUT2D eigenvalue weighted by molar-refractivity contribution is 7.86. The molecule has 0 fully saturated rings. The van der Waals surface area contributed by atoms with Gasteiger partial charge in [-0.2, -0.15) is 8.42 Å². The molecule has 3 aromatic rings. The molecule has 3 rings (SSSR count). The molecule has 0 aliphatic carbocycles. The lowest BCUT2D eigenvalue weighted by molar-refractivity contribution is 0.211. The highest BCUT2D eigenvalue weighted by Gasteiger charge is 2.24. The van der Waals surface area contributed by atoms with Gasteiger partial charge in [0.05, 0.1) is 4.90 Å². The molecule has 0 aliphatic heterocycles. The summed E-state index contributed by atoms with van der Waals surface area (Å²) >= 11 is 1.45. The van der Waals surface area contributed by atoms with Crippen molar-refractivity contribution in [1.29, 1.82) is 0 Å². The smallest absolute Gasteiger partial charge is 0.258 e. The van der Waals surface area contributed by atoms with Gasteiger partial charge >= 0.3 is 0 Å². The van der Waals surface area contributed by atoms with Crippen LogP contribution in [0.1, 0.15) is 30.6 Å². The predicted octanol–water partition coefficient (Wildman–Crippen LogP) is 5.21. The fourth-order valence-electron chi connectivity index (χ4n) is 2.52. The van der Waals surface area contributed by atoms with Gasteiger partial charge in [-0.15, -0.1) is 11.3 Å². The van der Waals surface area contributed by atoms with Crippen LogP contribution in [0.3, 0.4) is 0 Å². The van der Waals surface area contributed by atoms with Crippen LogP contribution in [-0.4, -0.2) is 8.42 Å². The quantitative estimate of drug-likeness (QED) is 0.584. The Morgan fingerprint density at radius 3 is 2.54 bits per heavy atom. The molecule has 126 valence electrons. The average Bonchev–Trinajstić information content (AvgIpc) is 2.96. The number of benzene rings is 2. The Kier molecular flexibility index (Phi) is 4.71. The molecule has 2 aromatic carbocycles. The van der Waals surface area contributed by atoms with E-state index < -0.39 is 16.2 Å². The molecule has 3 nitrogen and oxygen atoms in total. The minimum Gasteiger partial charge on any atom is -0.258 e. The van der Waals surface area contributed by atoms with E-state index in [0.29, 0.717) is 17.4 Å². The maximum Gasteiger partial charge on any atom is 0.297 e. The van der Waals surface area contributed by atoms with E-state index >= 15 is 0 Å². The molecule has 24 heavy (non-hydrogen) atoms. The van der Waals surface area contributed by atoms with E-state index in [-0.39, 0.29) is 10.7 Å². The Bertz CT molecular complexity index is 960. The van der Waals surface area contributed by atoms with Gasteiger partial charge in [0.1, 0.15) is 11.9 Å². The Morgan fingerprint density at radius 2 is 1.88 bits per heavy atom. The maximum absolute atomic E-state index is 13.5. The van der Waals surface area contributed by atoms with E-state index in [2.05, 4.69) is 0 Å². The lowest BCUT2D eigenvalue weighted by Crippen LogP contribution is -2.11. The Balaban J connectivity index is 1.96. The van der Waals surface area contributed by atoms with Crippen molar-refractivity contribution in [2.75, 3.05) is 0 Å². The van der Waals surface area contributed by atoms with Crippen molar-refractivity contribution < 1.29 is 17.0 Å². The first-order valence-electron chi connectivity index (χ1n) is 7.57. The molecule has 0 radical (unpaired) electrons. The van der Waals surface area contributed by atoms with Gasteiger partial charge in [-0.1, -0.05) is 24.6 Å². The van der Waals surface area contributed by atoms with Crippen molar-refractivity contribution in [3.05, 3.63) is 64.8 Å². The first-order valence-corrected chi connectivity index (χ1v) is 9.86. The topological polar surface area (TPSA) is 43.4 Å². The van der Waals surface area contributed by atoms with E-state index in [4.69, 9.17) is 4.18 Å². The summed E-state index contributed by atoms with van der Waals surface area (Å²) in [7, 11) is -3.88. The molecule has 0 aliphatic rings. The zero-order valence-electron chi connectivity index (χ0n) is 13.3. The summed E-state index contributed by atoms with van der Waals surface area (Å²) < 4.78 is 44.9. The van der Waals surface area contributed by atoms with Crippen LogP contribution in [0.25, 0.3) is 10.1 Å². The van der Waals surface area contributed by atoms with E-state index in [1.54, 1.807) is 18.2 Å². The fourth-order valence-corrected chi connectivity index (χ4v) is 4.63. The van der Waals surface area contributed by atoms with Gasteiger partial charge in [0.2, 0.25) is 0 Å². The zero-order valence-corrected chi connectivity index (χ0v) is 15.0.